The number of aromatic nitrogens is 1. The molecule has 0 fully saturated rings. The van der Waals surface area contributed by atoms with E-state index in [9.17, 15) is 0 Å². The van der Waals surface area contributed by atoms with E-state index in [0.29, 0.717) is 0 Å². The summed E-state index contributed by atoms with van der Waals surface area (Å²) in [4.78, 5) is 0. The Balaban J connectivity index is 2.61. The minimum absolute atomic E-state index is 1.16. The maximum Gasteiger partial charge on any atom is 0.0220 e. The summed E-state index contributed by atoms with van der Waals surface area (Å²) < 4.78 is 2.08. The first kappa shape index (κ1) is 8.12. The van der Waals surface area contributed by atoms with Gasteiger partial charge >= 0.3 is 0 Å². The fraction of sp³-hybridized carbons (Fsp3) is 0.400. The molecule has 0 atom stereocenters. The van der Waals surface area contributed by atoms with E-state index in [1.807, 2.05) is 12.4 Å². The van der Waals surface area contributed by atoms with Crippen LogP contribution in [-0.4, -0.2) is 4.57 Å². The van der Waals surface area contributed by atoms with Crippen LogP contribution in [0.4, 0.5) is 0 Å². The first-order valence-corrected chi connectivity index (χ1v) is 4.16. The second kappa shape index (κ2) is 4.02. The molecule has 0 bridgehead atoms. The van der Waals surface area contributed by atoms with Crippen molar-refractivity contribution in [2.45, 2.75) is 26.2 Å². The van der Waals surface area contributed by atoms with E-state index in [1.54, 1.807) is 0 Å². The third-order valence-corrected chi connectivity index (χ3v) is 1.85. The second-order valence-electron chi connectivity index (χ2n) is 2.69. The summed E-state index contributed by atoms with van der Waals surface area (Å²) in [5.74, 6) is 0. The maximum absolute atomic E-state index is 3.73. The predicted octanol–water partition coefficient (Wildman–Crippen LogP) is 2.93. The second-order valence-corrected chi connectivity index (χ2v) is 2.69. The monoisotopic (exact) mass is 149 g/mol. The maximum atomic E-state index is 3.73. The number of hydrogen-bond acceptors (Lipinski definition) is 0. The number of rotatable bonds is 4. The summed E-state index contributed by atoms with van der Waals surface area (Å²) in [6, 6.07) is 4.21. The Labute approximate surface area is 68.4 Å². The molecule has 0 radical (unpaired) electrons. The third kappa shape index (κ3) is 1.97. The van der Waals surface area contributed by atoms with Gasteiger partial charge in [-0.15, -0.1) is 0 Å². The zero-order valence-electron chi connectivity index (χ0n) is 7.09. The summed E-state index contributed by atoms with van der Waals surface area (Å²) in [7, 11) is 0. The molecule has 1 heteroatoms. The Hall–Kier alpha value is -0.980. The number of aryl methyl sites for hydroxylation is 1. The minimum Gasteiger partial charge on any atom is -0.328 e. The van der Waals surface area contributed by atoms with Crippen LogP contribution in [0.5, 0.6) is 0 Å². The summed E-state index contributed by atoms with van der Waals surface area (Å²) in [5.41, 5.74) is 1.36. The molecule has 60 valence electrons. The van der Waals surface area contributed by atoms with Crippen molar-refractivity contribution in [2.75, 3.05) is 0 Å². The van der Waals surface area contributed by atoms with E-state index in [4.69, 9.17) is 0 Å². The molecule has 1 heterocycles. The van der Waals surface area contributed by atoms with Crippen LogP contribution in [-0.2, 0) is 6.42 Å². The predicted molar refractivity (Wildman–Crippen MR) is 49.4 cm³/mol. The van der Waals surface area contributed by atoms with Gasteiger partial charge in [0.1, 0.15) is 0 Å². The summed E-state index contributed by atoms with van der Waals surface area (Å²) in [5, 5.41) is 0. The highest BCUT2D eigenvalue weighted by Gasteiger charge is 1.95. The molecule has 0 N–H and O–H groups in total. The zero-order valence-corrected chi connectivity index (χ0v) is 7.09. The van der Waals surface area contributed by atoms with Gasteiger partial charge < -0.3 is 4.57 Å². The highest BCUT2D eigenvalue weighted by molar-refractivity contribution is 5.24. The Kier molecular flexibility index (Phi) is 2.96. The van der Waals surface area contributed by atoms with Gasteiger partial charge in [0.2, 0.25) is 0 Å². The summed E-state index contributed by atoms with van der Waals surface area (Å²) in [6.45, 7) is 5.94. The topological polar surface area (TPSA) is 4.93 Å². The van der Waals surface area contributed by atoms with E-state index in [0.717, 1.165) is 6.42 Å². The van der Waals surface area contributed by atoms with Crippen LogP contribution >= 0.6 is 0 Å². The standard InChI is InChI=1S/C10H15N/c1-3-5-7-10-8-6-9-11(10)4-2/h4,6,8-9H,2-3,5,7H2,1H3. The lowest BCUT2D eigenvalue weighted by Gasteiger charge is -2.01. The molecule has 1 rings (SSSR count). The molecule has 0 saturated heterocycles. The average molecular weight is 149 g/mol. The third-order valence-electron chi connectivity index (χ3n) is 1.85. The van der Waals surface area contributed by atoms with Crippen molar-refractivity contribution < 1.29 is 0 Å². The van der Waals surface area contributed by atoms with Crippen molar-refractivity contribution in [1.82, 2.24) is 4.57 Å². The van der Waals surface area contributed by atoms with Crippen molar-refractivity contribution >= 4 is 6.20 Å². The molecule has 0 saturated carbocycles. The lowest BCUT2D eigenvalue weighted by atomic mass is 10.2. The van der Waals surface area contributed by atoms with Crippen molar-refractivity contribution in [1.29, 1.82) is 0 Å². The quantitative estimate of drug-likeness (QED) is 0.620. The molecular formula is C10H15N. The van der Waals surface area contributed by atoms with Crippen molar-refractivity contribution in [3.05, 3.63) is 30.6 Å². The van der Waals surface area contributed by atoms with Crippen LogP contribution in [0, 0.1) is 0 Å². The lowest BCUT2D eigenvalue weighted by Crippen LogP contribution is -1.92. The molecule has 0 aliphatic heterocycles. The SMILES string of the molecule is C=Cn1cccc1CCCC. The van der Waals surface area contributed by atoms with Crippen molar-refractivity contribution in [3.63, 3.8) is 0 Å². The molecular weight excluding hydrogens is 134 g/mol. The lowest BCUT2D eigenvalue weighted by molar-refractivity contribution is 0.767. The smallest absolute Gasteiger partial charge is 0.0220 e. The van der Waals surface area contributed by atoms with Gasteiger partial charge in [0, 0.05) is 18.1 Å². The van der Waals surface area contributed by atoms with Gasteiger partial charge in [-0.05, 0) is 25.0 Å². The van der Waals surface area contributed by atoms with E-state index in [1.165, 1.54) is 18.5 Å². The van der Waals surface area contributed by atoms with E-state index >= 15 is 0 Å². The molecule has 1 aromatic rings. The fourth-order valence-corrected chi connectivity index (χ4v) is 1.18. The van der Waals surface area contributed by atoms with Crippen molar-refractivity contribution in [3.8, 4) is 0 Å². The van der Waals surface area contributed by atoms with Gasteiger partial charge in [-0.1, -0.05) is 19.9 Å². The van der Waals surface area contributed by atoms with Crippen LogP contribution < -0.4 is 0 Å². The molecule has 0 amide bonds. The fourth-order valence-electron chi connectivity index (χ4n) is 1.18. The van der Waals surface area contributed by atoms with Crippen LogP contribution in [0.1, 0.15) is 25.5 Å². The van der Waals surface area contributed by atoms with E-state index in [2.05, 4.69) is 30.2 Å². The summed E-state index contributed by atoms with van der Waals surface area (Å²) in [6.07, 6.45) is 7.57. The molecule has 11 heavy (non-hydrogen) atoms. The largest absolute Gasteiger partial charge is 0.328 e. The molecule has 0 aromatic carbocycles. The van der Waals surface area contributed by atoms with Gasteiger partial charge in [0.25, 0.3) is 0 Å². The minimum atomic E-state index is 1.16. The molecule has 0 aliphatic rings. The Morgan fingerprint density at radius 2 is 2.45 bits per heavy atom. The number of unbranched alkanes of at least 4 members (excludes halogenated alkanes) is 1. The first-order chi connectivity index (χ1) is 5.38. The van der Waals surface area contributed by atoms with Crippen LogP contribution in [0.25, 0.3) is 6.20 Å². The highest BCUT2D eigenvalue weighted by atomic mass is 14.9. The molecule has 1 aromatic heterocycles. The van der Waals surface area contributed by atoms with Gasteiger partial charge in [-0.2, -0.15) is 0 Å². The summed E-state index contributed by atoms with van der Waals surface area (Å²) >= 11 is 0. The zero-order chi connectivity index (χ0) is 8.10. The van der Waals surface area contributed by atoms with E-state index < -0.39 is 0 Å². The first-order valence-electron chi connectivity index (χ1n) is 4.16. The number of nitrogens with zero attached hydrogens (tertiary/aromatic N) is 1. The molecule has 0 aliphatic carbocycles. The number of hydrogen-bond donors (Lipinski definition) is 0. The van der Waals surface area contributed by atoms with Gasteiger partial charge in [0.05, 0.1) is 0 Å². The van der Waals surface area contributed by atoms with Gasteiger partial charge in [-0.25, -0.2) is 0 Å². The Morgan fingerprint density at radius 3 is 3.09 bits per heavy atom. The highest BCUT2D eigenvalue weighted by Crippen LogP contribution is 2.06. The normalized spacial score (nSPS) is 9.91. The van der Waals surface area contributed by atoms with Gasteiger partial charge in [-0.3, -0.25) is 0 Å². The van der Waals surface area contributed by atoms with E-state index in [-0.39, 0.29) is 0 Å². The van der Waals surface area contributed by atoms with Crippen LogP contribution in [0.2, 0.25) is 0 Å². The van der Waals surface area contributed by atoms with Gasteiger partial charge in [0.15, 0.2) is 0 Å². The molecule has 0 unspecified atom stereocenters. The van der Waals surface area contributed by atoms with Crippen LogP contribution in [0.3, 0.4) is 0 Å². The Morgan fingerprint density at radius 1 is 1.64 bits per heavy atom. The van der Waals surface area contributed by atoms with Crippen LogP contribution in [0.15, 0.2) is 24.9 Å². The Bertz CT molecular complexity index is 223. The van der Waals surface area contributed by atoms with Crippen molar-refractivity contribution in [2.24, 2.45) is 0 Å². The average Bonchev–Trinajstić information content (AvgIpc) is 2.47. The molecule has 1 nitrogen and oxygen atoms in total. The molecule has 0 spiro atoms.